The summed E-state index contributed by atoms with van der Waals surface area (Å²) in [6.45, 7) is 6.15. The maximum Gasteiger partial charge on any atom is 0.323 e. The molecule has 5 nitrogen and oxygen atoms in total. The van der Waals surface area contributed by atoms with Gasteiger partial charge in [0.25, 0.3) is 0 Å². The Bertz CT molecular complexity index is 277. The van der Waals surface area contributed by atoms with Gasteiger partial charge in [-0.25, -0.2) is 0 Å². The van der Waals surface area contributed by atoms with E-state index in [1.165, 1.54) is 4.90 Å². The van der Waals surface area contributed by atoms with Crippen LogP contribution >= 0.6 is 0 Å². The van der Waals surface area contributed by atoms with E-state index in [-0.39, 0.29) is 18.5 Å². The molecular formula is C11H20N2O3. The van der Waals surface area contributed by atoms with Gasteiger partial charge in [0.1, 0.15) is 6.54 Å². The lowest BCUT2D eigenvalue weighted by atomic mass is 10.0. The van der Waals surface area contributed by atoms with Gasteiger partial charge < -0.3 is 15.3 Å². The maximum absolute atomic E-state index is 12.1. The van der Waals surface area contributed by atoms with Gasteiger partial charge in [0, 0.05) is 5.54 Å². The van der Waals surface area contributed by atoms with Crippen molar-refractivity contribution in [2.45, 2.75) is 45.2 Å². The summed E-state index contributed by atoms with van der Waals surface area (Å²) in [5.74, 6) is -1.08. The molecular weight excluding hydrogens is 208 g/mol. The average molecular weight is 228 g/mol. The molecule has 0 unspecified atom stereocenters. The number of rotatable bonds is 3. The molecule has 0 spiro atoms. The van der Waals surface area contributed by atoms with Gasteiger partial charge in [0.05, 0.1) is 6.04 Å². The van der Waals surface area contributed by atoms with Gasteiger partial charge in [-0.3, -0.25) is 9.59 Å². The second-order valence-corrected chi connectivity index (χ2v) is 5.14. The standard InChI is InChI=1S/C11H20N2O3/c1-11(2,3)13(7-9(14)15)10(16)8-5-4-6-12-8/h8,12H,4-7H2,1-3H3,(H,14,15)/t8-/m1/s1. The van der Waals surface area contributed by atoms with E-state index in [0.717, 1.165) is 19.4 Å². The highest BCUT2D eigenvalue weighted by Crippen LogP contribution is 2.17. The van der Waals surface area contributed by atoms with Gasteiger partial charge in [0.2, 0.25) is 5.91 Å². The third-order valence-electron chi connectivity index (χ3n) is 2.73. The van der Waals surface area contributed by atoms with E-state index in [4.69, 9.17) is 5.11 Å². The van der Waals surface area contributed by atoms with E-state index < -0.39 is 11.5 Å². The molecule has 1 rings (SSSR count). The predicted octanol–water partition coefficient (Wildman–Crippen LogP) is 0.450. The topological polar surface area (TPSA) is 69.6 Å². The molecule has 0 aliphatic carbocycles. The van der Waals surface area contributed by atoms with Crippen LogP contribution in [0.25, 0.3) is 0 Å². The van der Waals surface area contributed by atoms with Crippen molar-refractivity contribution in [1.29, 1.82) is 0 Å². The molecule has 5 heteroatoms. The number of hydrogen-bond donors (Lipinski definition) is 2. The molecule has 0 aromatic heterocycles. The number of carbonyl (C=O) groups is 2. The van der Waals surface area contributed by atoms with Crippen molar-refractivity contribution >= 4 is 11.9 Å². The highest BCUT2D eigenvalue weighted by molar-refractivity contribution is 5.86. The molecule has 1 amide bonds. The lowest BCUT2D eigenvalue weighted by Gasteiger charge is -2.36. The number of carbonyl (C=O) groups excluding carboxylic acids is 1. The number of nitrogens with one attached hydrogen (secondary N) is 1. The van der Waals surface area contributed by atoms with E-state index in [1.54, 1.807) is 0 Å². The van der Waals surface area contributed by atoms with Gasteiger partial charge in [-0.2, -0.15) is 0 Å². The van der Waals surface area contributed by atoms with Crippen molar-refractivity contribution in [1.82, 2.24) is 10.2 Å². The summed E-state index contributed by atoms with van der Waals surface area (Å²) in [6.07, 6.45) is 1.77. The molecule has 1 heterocycles. The molecule has 1 fully saturated rings. The smallest absolute Gasteiger partial charge is 0.323 e. The van der Waals surface area contributed by atoms with Crippen molar-refractivity contribution in [3.05, 3.63) is 0 Å². The fraction of sp³-hybridized carbons (Fsp3) is 0.818. The Balaban J connectivity index is 2.75. The minimum Gasteiger partial charge on any atom is -0.480 e. The summed E-state index contributed by atoms with van der Waals surface area (Å²) in [5, 5.41) is 11.9. The summed E-state index contributed by atoms with van der Waals surface area (Å²) < 4.78 is 0. The summed E-state index contributed by atoms with van der Waals surface area (Å²) >= 11 is 0. The zero-order valence-electron chi connectivity index (χ0n) is 10.1. The van der Waals surface area contributed by atoms with E-state index in [1.807, 2.05) is 20.8 Å². The molecule has 16 heavy (non-hydrogen) atoms. The van der Waals surface area contributed by atoms with Crippen molar-refractivity contribution < 1.29 is 14.7 Å². The van der Waals surface area contributed by atoms with Gasteiger partial charge >= 0.3 is 5.97 Å². The molecule has 1 saturated heterocycles. The first-order valence-corrected chi connectivity index (χ1v) is 5.59. The maximum atomic E-state index is 12.1. The third kappa shape index (κ3) is 3.20. The molecule has 0 saturated carbocycles. The van der Waals surface area contributed by atoms with Crippen LogP contribution in [0.3, 0.4) is 0 Å². The van der Waals surface area contributed by atoms with E-state index in [2.05, 4.69) is 5.32 Å². The van der Waals surface area contributed by atoms with Gasteiger partial charge in [0.15, 0.2) is 0 Å². The Hall–Kier alpha value is -1.10. The van der Waals surface area contributed by atoms with E-state index >= 15 is 0 Å². The molecule has 1 atom stereocenters. The predicted molar refractivity (Wildman–Crippen MR) is 60.1 cm³/mol. The summed E-state index contributed by atoms with van der Waals surface area (Å²) in [6, 6.07) is -0.210. The van der Waals surface area contributed by atoms with Crippen LogP contribution in [0, 0.1) is 0 Å². The third-order valence-corrected chi connectivity index (χ3v) is 2.73. The number of carboxylic acids is 1. The Morgan fingerprint density at radius 1 is 1.44 bits per heavy atom. The van der Waals surface area contributed by atoms with Crippen LogP contribution in [0.2, 0.25) is 0 Å². The minimum atomic E-state index is -0.971. The first kappa shape index (κ1) is 13.0. The second-order valence-electron chi connectivity index (χ2n) is 5.14. The van der Waals surface area contributed by atoms with Crippen molar-refractivity contribution in [2.24, 2.45) is 0 Å². The van der Waals surface area contributed by atoms with Gasteiger partial charge in [-0.05, 0) is 40.2 Å². The summed E-state index contributed by atoms with van der Waals surface area (Å²) in [7, 11) is 0. The van der Waals surface area contributed by atoms with Crippen LogP contribution in [0.4, 0.5) is 0 Å². The largest absolute Gasteiger partial charge is 0.480 e. The number of amides is 1. The molecule has 0 radical (unpaired) electrons. The fourth-order valence-electron chi connectivity index (χ4n) is 1.86. The highest BCUT2D eigenvalue weighted by Gasteiger charge is 2.34. The van der Waals surface area contributed by atoms with Crippen molar-refractivity contribution in [2.75, 3.05) is 13.1 Å². The second kappa shape index (κ2) is 4.82. The quantitative estimate of drug-likeness (QED) is 0.736. The highest BCUT2D eigenvalue weighted by atomic mass is 16.4. The number of aliphatic carboxylic acids is 1. The lowest BCUT2D eigenvalue weighted by Crippen LogP contribution is -2.53. The monoisotopic (exact) mass is 228 g/mol. The van der Waals surface area contributed by atoms with Gasteiger partial charge in [-0.15, -0.1) is 0 Å². The number of nitrogens with zero attached hydrogens (tertiary/aromatic N) is 1. The zero-order chi connectivity index (χ0) is 12.3. The normalized spacial score (nSPS) is 20.8. The molecule has 0 bridgehead atoms. The Labute approximate surface area is 95.8 Å². The van der Waals surface area contributed by atoms with Crippen LogP contribution in [0.1, 0.15) is 33.6 Å². The van der Waals surface area contributed by atoms with Crippen molar-refractivity contribution in [3.63, 3.8) is 0 Å². The van der Waals surface area contributed by atoms with Crippen LogP contribution in [-0.4, -0.2) is 46.6 Å². The Morgan fingerprint density at radius 3 is 2.44 bits per heavy atom. The zero-order valence-corrected chi connectivity index (χ0v) is 10.1. The van der Waals surface area contributed by atoms with Gasteiger partial charge in [-0.1, -0.05) is 0 Å². The number of hydrogen-bond acceptors (Lipinski definition) is 3. The first-order valence-electron chi connectivity index (χ1n) is 5.59. The molecule has 1 aliphatic rings. The first-order chi connectivity index (χ1) is 7.32. The SMILES string of the molecule is CC(C)(C)N(CC(=O)O)C(=O)[C@H]1CCCN1. The molecule has 92 valence electrons. The lowest BCUT2D eigenvalue weighted by molar-refractivity contribution is -0.149. The average Bonchev–Trinajstić information content (AvgIpc) is 2.63. The van der Waals surface area contributed by atoms with Crippen LogP contribution in [0.15, 0.2) is 0 Å². The van der Waals surface area contributed by atoms with Crippen LogP contribution < -0.4 is 5.32 Å². The summed E-state index contributed by atoms with van der Waals surface area (Å²) in [4.78, 5) is 24.3. The molecule has 0 aromatic rings. The fourth-order valence-corrected chi connectivity index (χ4v) is 1.86. The summed E-state index contributed by atoms with van der Waals surface area (Å²) in [5.41, 5.74) is -0.459. The number of carboxylic acid groups (broad SMARTS) is 1. The molecule has 0 aromatic carbocycles. The van der Waals surface area contributed by atoms with Crippen LogP contribution in [0.5, 0.6) is 0 Å². The van der Waals surface area contributed by atoms with Crippen LogP contribution in [-0.2, 0) is 9.59 Å². The van der Waals surface area contributed by atoms with E-state index in [0.29, 0.717) is 0 Å². The van der Waals surface area contributed by atoms with Crippen molar-refractivity contribution in [3.8, 4) is 0 Å². The Kier molecular flexibility index (Phi) is 3.91. The minimum absolute atomic E-state index is 0.104. The Morgan fingerprint density at radius 2 is 2.06 bits per heavy atom. The molecule has 2 N–H and O–H groups in total. The van der Waals surface area contributed by atoms with E-state index in [9.17, 15) is 9.59 Å². The molecule has 1 aliphatic heterocycles.